The molecule has 2 aliphatic heterocycles. The van der Waals surface area contributed by atoms with Gasteiger partial charge in [0.15, 0.2) is 0 Å². The molecule has 2 rings (SSSR count). The van der Waals surface area contributed by atoms with Gasteiger partial charge in [-0.2, -0.15) is 0 Å². The molecule has 2 atom stereocenters. The minimum Gasteiger partial charge on any atom is -0.346 e. The van der Waals surface area contributed by atoms with E-state index in [-0.39, 0.29) is 30.9 Å². The molecule has 2 fully saturated rings. The minimum atomic E-state index is -0.282. The first-order valence-corrected chi connectivity index (χ1v) is 6.62. The van der Waals surface area contributed by atoms with E-state index in [1.54, 1.807) is 0 Å². The summed E-state index contributed by atoms with van der Waals surface area (Å²) in [7, 11) is 0. The van der Waals surface area contributed by atoms with Crippen LogP contribution in [0, 0.1) is 0 Å². The van der Waals surface area contributed by atoms with E-state index < -0.39 is 0 Å². The van der Waals surface area contributed by atoms with Crippen molar-refractivity contribution in [2.45, 2.75) is 31.8 Å². The van der Waals surface area contributed by atoms with Crippen LogP contribution in [0.5, 0.6) is 0 Å². The quantitative estimate of drug-likeness (QED) is 0.660. The van der Waals surface area contributed by atoms with Gasteiger partial charge >= 0.3 is 0 Å². The van der Waals surface area contributed by atoms with Crippen molar-refractivity contribution < 1.29 is 9.59 Å². The average Bonchev–Trinajstić information content (AvgIpc) is 2.81. The summed E-state index contributed by atoms with van der Waals surface area (Å²) in [4.78, 5) is 27.5. The second kappa shape index (κ2) is 5.67. The number of fused-ring (bicyclic) bond motifs is 1. The molecule has 6 nitrogen and oxygen atoms in total. The van der Waals surface area contributed by atoms with E-state index in [1.165, 1.54) is 12.8 Å². The van der Waals surface area contributed by atoms with E-state index in [4.69, 9.17) is 5.73 Å². The van der Waals surface area contributed by atoms with Crippen LogP contribution in [-0.2, 0) is 9.59 Å². The first-order chi connectivity index (χ1) is 8.61. The molecule has 18 heavy (non-hydrogen) atoms. The Kier molecular flexibility index (Phi) is 4.19. The monoisotopic (exact) mass is 254 g/mol. The molecule has 0 spiro atoms. The minimum absolute atomic E-state index is 0.00384. The van der Waals surface area contributed by atoms with Crippen molar-refractivity contribution in [1.82, 2.24) is 15.1 Å². The highest BCUT2D eigenvalue weighted by molar-refractivity contribution is 5.85. The molecule has 0 aliphatic carbocycles. The number of carbonyl (C=O) groups is 2. The van der Waals surface area contributed by atoms with Gasteiger partial charge in [0.2, 0.25) is 11.8 Å². The van der Waals surface area contributed by atoms with Gasteiger partial charge in [-0.3, -0.25) is 14.5 Å². The third kappa shape index (κ3) is 2.81. The van der Waals surface area contributed by atoms with Crippen LogP contribution >= 0.6 is 0 Å². The first-order valence-electron chi connectivity index (χ1n) is 6.62. The Morgan fingerprint density at radius 3 is 2.89 bits per heavy atom. The van der Waals surface area contributed by atoms with Gasteiger partial charge in [-0.05, 0) is 26.3 Å². The maximum atomic E-state index is 12.1. The fourth-order valence-electron chi connectivity index (χ4n) is 2.88. The largest absolute Gasteiger partial charge is 0.346 e. The van der Waals surface area contributed by atoms with Gasteiger partial charge in [0.05, 0.1) is 13.1 Å². The lowest BCUT2D eigenvalue weighted by molar-refractivity contribution is -0.137. The van der Waals surface area contributed by atoms with Gasteiger partial charge < -0.3 is 16.0 Å². The highest BCUT2D eigenvalue weighted by Gasteiger charge is 2.36. The van der Waals surface area contributed by atoms with Crippen molar-refractivity contribution >= 4 is 11.8 Å². The lowest BCUT2D eigenvalue weighted by atomic mass is 10.1. The van der Waals surface area contributed by atoms with Crippen molar-refractivity contribution in [2.75, 3.05) is 32.7 Å². The number of hydrogen-bond donors (Lipinski definition) is 2. The summed E-state index contributed by atoms with van der Waals surface area (Å²) in [5.41, 5.74) is 5.19. The van der Waals surface area contributed by atoms with Crippen LogP contribution in [0.2, 0.25) is 0 Å². The van der Waals surface area contributed by atoms with E-state index in [9.17, 15) is 9.59 Å². The molecule has 2 unspecified atom stereocenters. The summed E-state index contributed by atoms with van der Waals surface area (Å²) in [6, 6.07) is 0.733. The molecule has 0 aromatic carbocycles. The Morgan fingerprint density at radius 2 is 2.17 bits per heavy atom. The summed E-state index contributed by atoms with van der Waals surface area (Å²) < 4.78 is 0. The Morgan fingerprint density at radius 1 is 1.39 bits per heavy atom. The lowest BCUT2D eigenvalue weighted by Crippen LogP contribution is -2.58. The lowest BCUT2D eigenvalue weighted by Gasteiger charge is -2.42. The highest BCUT2D eigenvalue weighted by Crippen LogP contribution is 2.24. The van der Waals surface area contributed by atoms with Crippen molar-refractivity contribution in [1.29, 1.82) is 0 Å². The van der Waals surface area contributed by atoms with E-state index in [0.29, 0.717) is 6.04 Å². The molecular weight excluding hydrogens is 232 g/mol. The van der Waals surface area contributed by atoms with Crippen LogP contribution < -0.4 is 11.1 Å². The van der Waals surface area contributed by atoms with Crippen LogP contribution in [0.1, 0.15) is 19.8 Å². The zero-order valence-corrected chi connectivity index (χ0v) is 10.9. The Labute approximate surface area is 107 Å². The van der Waals surface area contributed by atoms with Crippen molar-refractivity contribution in [2.24, 2.45) is 5.73 Å². The molecule has 0 radical (unpaired) electrons. The summed E-state index contributed by atoms with van der Waals surface area (Å²) in [5.74, 6) is -0.286. The number of rotatable bonds is 3. The third-order valence-electron chi connectivity index (χ3n) is 3.88. The molecule has 102 valence electrons. The molecule has 3 N–H and O–H groups in total. The fourth-order valence-corrected chi connectivity index (χ4v) is 2.88. The van der Waals surface area contributed by atoms with Crippen LogP contribution in [0.15, 0.2) is 0 Å². The molecule has 2 amide bonds. The van der Waals surface area contributed by atoms with Gasteiger partial charge in [0, 0.05) is 25.2 Å². The smallest absolute Gasteiger partial charge is 0.242 e. The number of carbonyl (C=O) groups excluding carboxylic acids is 2. The van der Waals surface area contributed by atoms with E-state index in [0.717, 1.165) is 19.6 Å². The van der Waals surface area contributed by atoms with Crippen LogP contribution in [0.4, 0.5) is 0 Å². The van der Waals surface area contributed by atoms with Crippen molar-refractivity contribution in [3.63, 3.8) is 0 Å². The normalized spacial score (nSPS) is 28.0. The molecule has 0 bridgehead atoms. The summed E-state index contributed by atoms with van der Waals surface area (Å²) in [5, 5.41) is 2.54. The molecule has 0 aromatic heterocycles. The van der Waals surface area contributed by atoms with Crippen LogP contribution in [-0.4, -0.2) is 66.4 Å². The second-order valence-electron chi connectivity index (χ2n) is 5.17. The molecule has 6 heteroatoms. The highest BCUT2D eigenvalue weighted by atomic mass is 16.2. The van der Waals surface area contributed by atoms with E-state index >= 15 is 0 Å². The average molecular weight is 254 g/mol. The summed E-state index contributed by atoms with van der Waals surface area (Å²) in [6.45, 7) is 4.95. The molecule has 2 heterocycles. The molecular formula is C12H22N4O2. The van der Waals surface area contributed by atoms with Crippen LogP contribution in [0.3, 0.4) is 0 Å². The Balaban J connectivity index is 1.87. The summed E-state index contributed by atoms with van der Waals surface area (Å²) >= 11 is 0. The van der Waals surface area contributed by atoms with Gasteiger partial charge in [-0.25, -0.2) is 0 Å². The maximum Gasteiger partial charge on any atom is 0.242 e. The third-order valence-corrected chi connectivity index (χ3v) is 3.88. The van der Waals surface area contributed by atoms with Gasteiger partial charge in [-0.15, -0.1) is 0 Å². The molecule has 2 aliphatic rings. The van der Waals surface area contributed by atoms with Gasteiger partial charge in [-0.1, -0.05) is 0 Å². The first kappa shape index (κ1) is 13.3. The number of nitrogens with zero attached hydrogens (tertiary/aromatic N) is 2. The molecule has 0 aromatic rings. The zero-order valence-electron chi connectivity index (χ0n) is 10.9. The number of nitrogens with two attached hydrogens (primary N) is 1. The number of piperazine rings is 1. The maximum absolute atomic E-state index is 12.1. The van der Waals surface area contributed by atoms with E-state index in [2.05, 4.69) is 17.1 Å². The van der Waals surface area contributed by atoms with Crippen molar-refractivity contribution in [3.8, 4) is 0 Å². The Hall–Kier alpha value is -1.14. The predicted octanol–water partition coefficient (Wildman–Crippen LogP) is -1.24. The van der Waals surface area contributed by atoms with Crippen LogP contribution in [0.25, 0.3) is 0 Å². The SMILES string of the molecule is CC1CN2CCCC2CN1C(=O)CNC(=O)CN. The predicted molar refractivity (Wildman–Crippen MR) is 67.8 cm³/mol. The molecule has 0 saturated carbocycles. The topological polar surface area (TPSA) is 78.7 Å². The number of amides is 2. The standard InChI is InChI=1S/C12H22N4O2/c1-9-7-15-4-2-3-10(15)8-16(9)12(18)6-14-11(17)5-13/h9-10H,2-8,13H2,1H3,(H,14,17). The second-order valence-corrected chi connectivity index (χ2v) is 5.17. The van der Waals surface area contributed by atoms with Gasteiger partial charge in [0.1, 0.15) is 0 Å². The zero-order chi connectivity index (χ0) is 13.1. The molecule has 2 saturated heterocycles. The van der Waals surface area contributed by atoms with Gasteiger partial charge in [0.25, 0.3) is 0 Å². The fraction of sp³-hybridized carbons (Fsp3) is 0.833. The summed E-state index contributed by atoms with van der Waals surface area (Å²) in [6.07, 6.45) is 2.40. The Bertz CT molecular complexity index is 334. The number of hydrogen-bond acceptors (Lipinski definition) is 4. The van der Waals surface area contributed by atoms with E-state index in [1.807, 2.05) is 4.90 Å². The van der Waals surface area contributed by atoms with Crippen molar-refractivity contribution in [3.05, 3.63) is 0 Å². The number of nitrogens with one attached hydrogen (secondary N) is 1.